The van der Waals surface area contributed by atoms with Crippen LogP contribution in [0.3, 0.4) is 0 Å². The van der Waals surface area contributed by atoms with Gasteiger partial charge >= 0.3 is 0 Å². The molecule has 3 aromatic rings. The quantitative estimate of drug-likeness (QED) is 0.507. The van der Waals surface area contributed by atoms with Gasteiger partial charge in [-0.3, -0.25) is 20.4 Å². The van der Waals surface area contributed by atoms with E-state index in [0.29, 0.717) is 33.5 Å². The summed E-state index contributed by atoms with van der Waals surface area (Å²) in [5.74, 6) is -0.0793. The first kappa shape index (κ1) is 23.9. The maximum Gasteiger partial charge on any atom is 0.273 e. The highest BCUT2D eigenvalue weighted by Crippen LogP contribution is 2.38. The van der Waals surface area contributed by atoms with Gasteiger partial charge in [0.1, 0.15) is 0 Å². The van der Waals surface area contributed by atoms with E-state index >= 15 is 0 Å². The first-order valence-electron chi connectivity index (χ1n) is 10.0. The molecule has 33 heavy (non-hydrogen) atoms. The summed E-state index contributed by atoms with van der Waals surface area (Å²) in [6, 6.07) is 10.1. The monoisotopic (exact) mass is 472 g/mol. The van der Waals surface area contributed by atoms with Crippen molar-refractivity contribution < 1.29 is 23.8 Å². The average Bonchev–Trinajstić information content (AvgIpc) is 3.27. The number of hydrazine groups is 1. The Balaban J connectivity index is 1.81. The molecule has 0 spiro atoms. The van der Waals surface area contributed by atoms with Crippen LogP contribution in [0.15, 0.2) is 42.6 Å². The number of amides is 2. The van der Waals surface area contributed by atoms with Crippen LogP contribution in [0.2, 0.25) is 5.02 Å². The van der Waals surface area contributed by atoms with Crippen LogP contribution in [0.5, 0.6) is 17.2 Å². The zero-order valence-electron chi connectivity index (χ0n) is 18.9. The molecule has 10 heteroatoms. The van der Waals surface area contributed by atoms with Crippen LogP contribution in [0.4, 0.5) is 0 Å². The molecular weight excluding hydrogens is 448 g/mol. The van der Waals surface area contributed by atoms with Crippen LogP contribution >= 0.6 is 11.6 Å². The lowest BCUT2D eigenvalue weighted by Crippen LogP contribution is -2.42. The van der Waals surface area contributed by atoms with Gasteiger partial charge < -0.3 is 14.2 Å². The van der Waals surface area contributed by atoms with E-state index in [0.717, 1.165) is 5.69 Å². The summed E-state index contributed by atoms with van der Waals surface area (Å²) in [7, 11) is 4.37. The van der Waals surface area contributed by atoms with E-state index in [1.54, 1.807) is 16.8 Å². The third kappa shape index (κ3) is 5.04. The number of aromatic nitrogens is 2. The maximum absolute atomic E-state index is 12.9. The smallest absolute Gasteiger partial charge is 0.273 e. The Morgan fingerprint density at radius 3 is 2.03 bits per heavy atom. The van der Waals surface area contributed by atoms with E-state index in [1.807, 2.05) is 26.0 Å². The molecule has 3 rings (SSSR count). The SMILES string of the molecule is COc1cc(C(=O)NNC(=O)c2cnn(-c3ccc(Cl)cc3)c2C(C)C)cc(OC)c1OC. The van der Waals surface area contributed by atoms with Crippen molar-refractivity contribution in [3.05, 3.63) is 64.4 Å². The van der Waals surface area contributed by atoms with Crippen molar-refractivity contribution in [2.75, 3.05) is 21.3 Å². The molecule has 0 bridgehead atoms. The lowest BCUT2D eigenvalue weighted by Gasteiger charge is -2.15. The van der Waals surface area contributed by atoms with Gasteiger partial charge in [-0.1, -0.05) is 25.4 Å². The van der Waals surface area contributed by atoms with Crippen molar-refractivity contribution in [3.8, 4) is 22.9 Å². The lowest BCUT2D eigenvalue weighted by molar-refractivity contribution is 0.0845. The predicted octanol–water partition coefficient (Wildman–Crippen LogP) is 3.75. The molecule has 0 fully saturated rings. The van der Waals surface area contributed by atoms with Crippen molar-refractivity contribution >= 4 is 23.4 Å². The molecule has 0 aliphatic heterocycles. The molecular formula is C23H25ClN4O5. The third-order valence-corrected chi connectivity index (χ3v) is 5.14. The number of carbonyl (C=O) groups excluding carboxylic acids is 2. The fourth-order valence-corrected chi connectivity index (χ4v) is 3.47. The molecule has 9 nitrogen and oxygen atoms in total. The highest BCUT2D eigenvalue weighted by Gasteiger charge is 2.22. The van der Waals surface area contributed by atoms with Crippen molar-refractivity contribution in [2.45, 2.75) is 19.8 Å². The number of halogens is 1. The third-order valence-electron chi connectivity index (χ3n) is 4.89. The number of nitrogens with zero attached hydrogens (tertiary/aromatic N) is 2. The second-order valence-corrected chi connectivity index (χ2v) is 7.75. The molecule has 0 aliphatic carbocycles. The van der Waals surface area contributed by atoms with Gasteiger partial charge in [0, 0.05) is 10.6 Å². The molecule has 0 saturated heterocycles. The molecule has 1 aromatic heterocycles. The van der Waals surface area contributed by atoms with Crippen LogP contribution in [-0.4, -0.2) is 42.9 Å². The van der Waals surface area contributed by atoms with Gasteiger partial charge in [0.15, 0.2) is 11.5 Å². The molecule has 174 valence electrons. The Labute approximate surface area is 196 Å². The largest absolute Gasteiger partial charge is 0.493 e. The molecule has 0 atom stereocenters. The minimum Gasteiger partial charge on any atom is -0.493 e. The minimum absolute atomic E-state index is 0.0188. The molecule has 0 radical (unpaired) electrons. The summed E-state index contributed by atoms with van der Waals surface area (Å²) in [6.07, 6.45) is 1.46. The second-order valence-electron chi connectivity index (χ2n) is 7.31. The first-order valence-corrected chi connectivity index (χ1v) is 10.4. The Bertz CT molecular complexity index is 1130. The fraction of sp³-hybridized carbons (Fsp3) is 0.261. The van der Waals surface area contributed by atoms with Gasteiger partial charge in [0.2, 0.25) is 5.75 Å². The van der Waals surface area contributed by atoms with Crippen molar-refractivity contribution in [2.24, 2.45) is 0 Å². The Morgan fingerprint density at radius 2 is 1.52 bits per heavy atom. The summed E-state index contributed by atoms with van der Waals surface area (Å²) >= 11 is 5.98. The molecule has 2 aromatic carbocycles. The topological polar surface area (TPSA) is 104 Å². The van der Waals surface area contributed by atoms with Crippen molar-refractivity contribution in [3.63, 3.8) is 0 Å². The summed E-state index contributed by atoms with van der Waals surface area (Å²) < 4.78 is 17.5. The zero-order chi connectivity index (χ0) is 24.1. The molecule has 2 amide bonds. The van der Waals surface area contributed by atoms with Crippen molar-refractivity contribution in [1.82, 2.24) is 20.6 Å². The van der Waals surface area contributed by atoms with Gasteiger partial charge in [-0.2, -0.15) is 5.10 Å². The summed E-state index contributed by atoms with van der Waals surface area (Å²) in [4.78, 5) is 25.6. The van der Waals surface area contributed by atoms with Crippen LogP contribution < -0.4 is 25.1 Å². The molecule has 0 unspecified atom stereocenters. The molecule has 1 heterocycles. The van der Waals surface area contributed by atoms with Gasteiger partial charge in [-0.05, 0) is 42.3 Å². The lowest BCUT2D eigenvalue weighted by atomic mass is 10.1. The molecule has 2 N–H and O–H groups in total. The number of methoxy groups -OCH3 is 3. The number of ether oxygens (including phenoxy) is 3. The Morgan fingerprint density at radius 1 is 0.939 bits per heavy atom. The maximum atomic E-state index is 12.9. The highest BCUT2D eigenvalue weighted by atomic mass is 35.5. The van der Waals surface area contributed by atoms with E-state index in [1.165, 1.54) is 39.7 Å². The van der Waals surface area contributed by atoms with Crippen molar-refractivity contribution in [1.29, 1.82) is 0 Å². The number of rotatable bonds is 7. The van der Waals surface area contributed by atoms with Crippen LogP contribution in [0.1, 0.15) is 46.2 Å². The molecule has 0 aliphatic rings. The minimum atomic E-state index is -0.557. The van der Waals surface area contributed by atoms with E-state index in [-0.39, 0.29) is 11.5 Å². The van der Waals surface area contributed by atoms with Crippen LogP contribution in [0.25, 0.3) is 5.69 Å². The summed E-state index contributed by atoms with van der Waals surface area (Å²) in [5, 5.41) is 4.96. The Hall–Kier alpha value is -3.72. The van der Waals surface area contributed by atoms with Gasteiger partial charge in [0.25, 0.3) is 11.8 Å². The average molecular weight is 473 g/mol. The van der Waals surface area contributed by atoms with Gasteiger partial charge in [-0.15, -0.1) is 0 Å². The van der Waals surface area contributed by atoms with E-state index < -0.39 is 11.8 Å². The van der Waals surface area contributed by atoms with Crippen LogP contribution in [-0.2, 0) is 0 Å². The highest BCUT2D eigenvalue weighted by molar-refractivity contribution is 6.30. The van der Waals surface area contributed by atoms with Crippen LogP contribution in [0, 0.1) is 0 Å². The number of hydrogen-bond acceptors (Lipinski definition) is 6. The number of nitrogens with one attached hydrogen (secondary N) is 2. The van der Waals surface area contributed by atoms with E-state index in [4.69, 9.17) is 25.8 Å². The number of benzene rings is 2. The molecule has 0 saturated carbocycles. The fourth-order valence-electron chi connectivity index (χ4n) is 3.34. The summed E-state index contributed by atoms with van der Waals surface area (Å²) in [5.41, 5.74) is 6.87. The standard InChI is InChI=1S/C23H25ClN4O5/c1-13(2)20-17(12-25-28(20)16-8-6-15(24)7-9-16)23(30)27-26-22(29)14-10-18(31-3)21(33-5)19(11-14)32-4/h6-13H,1-5H3,(H,26,29)(H,27,30). The number of hydrogen-bond donors (Lipinski definition) is 2. The normalized spacial score (nSPS) is 10.6. The first-order chi connectivity index (χ1) is 15.8. The predicted molar refractivity (Wildman–Crippen MR) is 124 cm³/mol. The second kappa shape index (κ2) is 10.3. The van der Waals surface area contributed by atoms with E-state index in [2.05, 4.69) is 16.0 Å². The summed E-state index contributed by atoms with van der Waals surface area (Å²) in [6.45, 7) is 3.91. The van der Waals surface area contributed by atoms with Gasteiger partial charge in [-0.25, -0.2) is 4.68 Å². The Kier molecular flexibility index (Phi) is 7.44. The van der Waals surface area contributed by atoms with Gasteiger partial charge in [0.05, 0.1) is 44.5 Å². The number of carbonyl (C=O) groups is 2. The zero-order valence-corrected chi connectivity index (χ0v) is 19.7. The van der Waals surface area contributed by atoms with E-state index in [9.17, 15) is 9.59 Å².